The zero-order chi connectivity index (χ0) is 20.4. The number of rotatable bonds is 3. The Labute approximate surface area is 176 Å². The maximum absolute atomic E-state index is 13.2. The Morgan fingerprint density at radius 1 is 1.17 bits per heavy atom. The first-order valence-corrected chi connectivity index (χ1v) is 10.9. The van der Waals surface area contributed by atoms with Gasteiger partial charge in [0.15, 0.2) is 5.15 Å². The summed E-state index contributed by atoms with van der Waals surface area (Å²) in [6.45, 7) is 4.76. The number of urea groups is 1. The summed E-state index contributed by atoms with van der Waals surface area (Å²) in [6, 6.07) is 10.7. The number of amides is 2. The van der Waals surface area contributed by atoms with Gasteiger partial charge in [0.25, 0.3) is 0 Å². The van der Waals surface area contributed by atoms with Crippen LogP contribution >= 0.6 is 11.6 Å². The van der Waals surface area contributed by atoms with Gasteiger partial charge in [-0.15, -0.1) is 0 Å². The largest absolute Gasteiger partial charge is 0.393 e. The normalized spacial score (nSPS) is 23.4. The molecule has 0 spiro atoms. The summed E-state index contributed by atoms with van der Waals surface area (Å²) in [5, 5.41) is 17.3. The van der Waals surface area contributed by atoms with Gasteiger partial charge in [-0.2, -0.15) is 5.10 Å². The van der Waals surface area contributed by atoms with Gasteiger partial charge in [0.2, 0.25) is 0 Å². The molecule has 2 fully saturated rings. The van der Waals surface area contributed by atoms with E-state index in [-0.39, 0.29) is 24.0 Å². The van der Waals surface area contributed by atoms with Crippen molar-refractivity contribution in [1.29, 1.82) is 0 Å². The Balaban J connectivity index is 1.55. The molecule has 0 saturated carbocycles. The average Bonchev–Trinajstić information content (AvgIpc) is 3.20. The lowest BCUT2D eigenvalue weighted by Gasteiger charge is -2.41. The Hall–Kier alpha value is -2.05. The molecule has 1 aromatic heterocycles. The van der Waals surface area contributed by atoms with Gasteiger partial charge in [0, 0.05) is 43.7 Å². The zero-order valence-corrected chi connectivity index (χ0v) is 17.6. The van der Waals surface area contributed by atoms with E-state index in [2.05, 4.69) is 41.4 Å². The standard InChI is InChI=1S/C22H29ClN4O2/c1-2-15-3-5-16(6-4-15)17-11-18(20-12-21(23)25-24-20)14-27(13-17)22(29)26-9-7-19(28)8-10-26/h3-6,12,17-19,28H,2,7-11,13-14H2,1H3,(H,24,25). The molecular weight excluding hydrogens is 388 g/mol. The number of aromatic amines is 1. The third-order valence-electron chi connectivity index (χ3n) is 6.32. The fraction of sp³-hybridized carbons (Fsp3) is 0.545. The minimum atomic E-state index is -0.287. The first kappa shape index (κ1) is 20.2. The molecule has 2 aromatic rings. The van der Waals surface area contributed by atoms with Crippen LogP contribution in [0.1, 0.15) is 54.8 Å². The van der Waals surface area contributed by atoms with Crippen molar-refractivity contribution in [3.8, 4) is 0 Å². The number of nitrogens with one attached hydrogen (secondary N) is 1. The number of H-pyrrole nitrogens is 1. The van der Waals surface area contributed by atoms with Crippen LogP contribution in [0.25, 0.3) is 0 Å². The number of piperidine rings is 2. The molecular formula is C22H29ClN4O2. The molecule has 0 aliphatic carbocycles. The number of likely N-dealkylation sites (tertiary alicyclic amines) is 2. The highest BCUT2D eigenvalue weighted by Crippen LogP contribution is 2.36. The predicted molar refractivity (Wildman–Crippen MR) is 113 cm³/mol. The summed E-state index contributed by atoms with van der Waals surface area (Å²) in [6.07, 6.45) is 2.99. The molecule has 0 bridgehead atoms. The summed E-state index contributed by atoms with van der Waals surface area (Å²) in [5.41, 5.74) is 3.57. The molecule has 3 heterocycles. The summed E-state index contributed by atoms with van der Waals surface area (Å²) in [5.74, 6) is 0.431. The van der Waals surface area contributed by atoms with Crippen molar-refractivity contribution in [3.05, 3.63) is 52.3 Å². The summed E-state index contributed by atoms with van der Waals surface area (Å²) < 4.78 is 0. The van der Waals surface area contributed by atoms with E-state index in [1.165, 1.54) is 11.1 Å². The number of aromatic nitrogens is 2. The van der Waals surface area contributed by atoms with Gasteiger partial charge in [-0.25, -0.2) is 4.79 Å². The summed E-state index contributed by atoms with van der Waals surface area (Å²) in [7, 11) is 0. The Bertz CT molecular complexity index is 830. The average molecular weight is 417 g/mol. The van der Waals surface area contributed by atoms with Crippen LogP contribution in [-0.2, 0) is 6.42 Å². The quantitative estimate of drug-likeness (QED) is 0.799. The van der Waals surface area contributed by atoms with Gasteiger partial charge in [-0.1, -0.05) is 42.8 Å². The molecule has 29 heavy (non-hydrogen) atoms. The van der Waals surface area contributed by atoms with Crippen molar-refractivity contribution < 1.29 is 9.90 Å². The fourth-order valence-corrected chi connectivity index (χ4v) is 4.68. The van der Waals surface area contributed by atoms with E-state index in [0.29, 0.717) is 44.2 Å². The molecule has 2 saturated heterocycles. The molecule has 2 aliphatic heterocycles. The number of aliphatic hydroxyl groups is 1. The maximum Gasteiger partial charge on any atom is 0.320 e. The summed E-state index contributed by atoms with van der Waals surface area (Å²) in [4.78, 5) is 17.1. The van der Waals surface area contributed by atoms with Gasteiger partial charge < -0.3 is 14.9 Å². The van der Waals surface area contributed by atoms with E-state index in [4.69, 9.17) is 11.6 Å². The molecule has 2 aliphatic rings. The van der Waals surface area contributed by atoms with Crippen LogP contribution in [0.3, 0.4) is 0 Å². The number of aliphatic hydroxyl groups excluding tert-OH is 1. The van der Waals surface area contributed by atoms with E-state index in [9.17, 15) is 9.90 Å². The Morgan fingerprint density at radius 3 is 2.48 bits per heavy atom. The summed E-state index contributed by atoms with van der Waals surface area (Å²) >= 11 is 6.05. The number of aryl methyl sites for hydroxylation is 1. The molecule has 4 rings (SSSR count). The van der Waals surface area contributed by atoms with Crippen molar-refractivity contribution in [3.63, 3.8) is 0 Å². The van der Waals surface area contributed by atoms with Crippen LogP contribution in [0.15, 0.2) is 30.3 Å². The maximum atomic E-state index is 13.2. The molecule has 156 valence electrons. The molecule has 2 atom stereocenters. The third-order valence-corrected chi connectivity index (χ3v) is 6.52. The molecule has 1 aromatic carbocycles. The van der Waals surface area contributed by atoms with Gasteiger partial charge in [-0.05, 0) is 42.9 Å². The molecule has 6 nitrogen and oxygen atoms in total. The third kappa shape index (κ3) is 4.59. The number of carbonyl (C=O) groups is 1. The van der Waals surface area contributed by atoms with E-state index < -0.39 is 0 Å². The van der Waals surface area contributed by atoms with E-state index >= 15 is 0 Å². The van der Waals surface area contributed by atoms with Crippen LogP contribution in [0, 0.1) is 0 Å². The van der Waals surface area contributed by atoms with Gasteiger partial charge >= 0.3 is 6.03 Å². The first-order valence-electron chi connectivity index (χ1n) is 10.5. The molecule has 7 heteroatoms. The van der Waals surface area contributed by atoms with E-state index in [0.717, 1.165) is 18.5 Å². The highest BCUT2D eigenvalue weighted by atomic mass is 35.5. The second-order valence-electron chi connectivity index (χ2n) is 8.28. The minimum Gasteiger partial charge on any atom is -0.393 e. The first-order chi connectivity index (χ1) is 14.0. The van der Waals surface area contributed by atoms with Gasteiger partial charge in [0.05, 0.1) is 6.10 Å². The highest BCUT2D eigenvalue weighted by molar-refractivity contribution is 6.29. The van der Waals surface area contributed by atoms with Crippen molar-refractivity contribution in [2.24, 2.45) is 0 Å². The number of halogens is 1. The van der Waals surface area contributed by atoms with Crippen LogP contribution in [0.5, 0.6) is 0 Å². The van der Waals surface area contributed by atoms with Crippen molar-refractivity contribution >= 4 is 17.6 Å². The number of nitrogens with zero attached hydrogens (tertiary/aromatic N) is 3. The Morgan fingerprint density at radius 2 is 1.86 bits per heavy atom. The van der Waals surface area contributed by atoms with Crippen LogP contribution < -0.4 is 0 Å². The van der Waals surface area contributed by atoms with Crippen LogP contribution in [0.4, 0.5) is 4.79 Å². The van der Waals surface area contributed by atoms with Crippen LogP contribution in [0.2, 0.25) is 5.15 Å². The lowest BCUT2D eigenvalue weighted by molar-refractivity contribution is 0.0755. The smallest absolute Gasteiger partial charge is 0.320 e. The van der Waals surface area contributed by atoms with E-state index in [1.54, 1.807) is 0 Å². The molecule has 2 N–H and O–H groups in total. The zero-order valence-electron chi connectivity index (χ0n) is 16.9. The monoisotopic (exact) mass is 416 g/mol. The lowest BCUT2D eigenvalue weighted by Crippen LogP contribution is -2.51. The molecule has 0 radical (unpaired) electrons. The minimum absolute atomic E-state index is 0.0717. The second kappa shape index (κ2) is 8.76. The van der Waals surface area contributed by atoms with Crippen molar-refractivity contribution in [2.75, 3.05) is 26.2 Å². The fourth-order valence-electron chi connectivity index (χ4n) is 4.52. The second-order valence-corrected chi connectivity index (χ2v) is 8.66. The lowest BCUT2D eigenvalue weighted by atomic mass is 9.83. The number of hydrogen-bond acceptors (Lipinski definition) is 3. The van der Waals surface area contributed by atoms with Crippen LogP contribution in [-0.4, -0.2) is 63.4 Å². The number of carbonyl (C=O) groups excluding carboxylic acids is 1. The van der Waals surface area contributed by atoms with E-state index in [1.807, 2.05) is 15.9 Å². The molecule has 2 unspecified atom stereocenters. The van der Waals surface area contributed by atoms with Crippen molar-refractivity contribution in [2.45, 2.75) is 50.5 Å². The Kier molecular flexibility index (Phi) is 6.11. The molecule has 2 amide bonds. The van der Waals surface area contributed by atoms with Gasteiger partial charge in [-0.3, -0.25) is 5.10 Å². The predicted octanol–water partition coefficient (Wildman–Crippen LogP) is 3.78. The van der Waals surface area contributed by atoms with Gasteiger partial charge in [0.1, 0.15) is 0 Å². The highest BCUT2D eigenvalue weighted by Gasteiger charge is 2.35. The number of benzene rings is 1. The number of hydrogen-bond donors (Lipinski definition) is 2. The topological polar surface area (TPSA) is 72.5 Å². The van der Waals surface area contributed by atoms with Crippen molar-refractivity contribution in [1.82, 2.24) is 20.0 Å². The SMILES string of the molecule is CCc1ccc(C2CC(c3cc(Cl)n[nH]3)CN(C(=O)N3CCC(O)CC3)C2)cc1.